The molecule has 164 valence electrons. The van der Waals surface area contributed by atoms with Gasteiger partial charge in [0.05, 0.1) is 18.8 Å². The van der Waals surface area contributed by atoms with Crippen LogP contribution in [-0.2, 0) is 17.9 Å². The number of aryl methyl sites for hydroxylation is 1. The minimum absolute atomic E-state index is 0.0262. The monoisotopic (exact) mass is 448 g/mol. The van der Waals surface area contributed by atoms with Gasteiger partial charge in [-0.15, -0.1) is 0 Å². The molecule has 2 amide bonds. The number of carbonyl (C=O) groups is 2. The standard InChI is InChI=1S/C25H25ClN4O2/c26-20-5-3-4-19(14-20)22-15-23-29(24(31)12-13-30(23)28-22)16-17-8-10-18(11-9-17)25(32)27-21-6-1-2-7-21/h3-5,8-11,14-15,21H,1-2,6-7,12-13,16H2,(H,27,32). The Morgan fingerprint density at radius 1 is 1.09 bits per heavy atom. The fourth-order valence-electron chi connectivity index (χ4n) is 4.49. The van der Waals surface area contributed by atoms with E-state index < -0.39 is 0 Å². The van der Waals surface area contributed by atoms with Gasteiger partial charge in [-0.05, 0) is 42.7 Å². The van der Waals surface area contributed by atoms with E-state index in [4.69, 9.17) is 11.6 Å². The maximum absolute atomic E-state index is 12.7. The zero-order chi connectivity index (χ0) is 22.1. The molecular weight excluding hydrogens is 424 g/mol. The Morgan fingerprint density at radius 3 is 2.62 bits per heavy atom. The average molecular weight is 449 g/mol. The first-order chi connectivity index (χ1) is 15.6. The van der Waals surface area contributed by atoms with Crippen molar-refractivity contribution in [2.45, 2.75) is 51.2 Å². The first-order valence-electron chi connectivity index (χ1n) is 11.1. The minimum atomic E-state index is -0.0262. The van der Waals surface area contributed by atoms with E-state index in [1.165, 1.54) is 12.8 Å². The maximum Gasteiger partial charge on any atom is 0.251 e. The average Bonchev–Trinajstić information content (AvgIpc) is 3.46. The number of halogens is 1. The summed E-state index contributed by atoms with van der Waals surface area (Å²) in [5, 5.41) is 8.45. The van der Waals surface area contributed by atoms with Crippen molar-refractivity contribution in [1.29, 1.82) is 0 Å². The lowest BCUT2D eigenvalue weighted by Gasteiger charge is -2.27. The van der Waals surface area contributed by atoms with Crippen LogP contribution in [0.15, 0.2) is 54.6 Å². The van der Waals surface area contributed by atoms with E-state index in [9.17, 15) is 9.59 Å². The molecule has 0 unspecified atom stereocenters. The highest BCUT2D eigenvalue weighted by Gasteiger charge is 2.27. The van der Waals surface area contributed by atoms with Crippen molar-refractivity contribution in [2.24, 2.45) is 0 Å². The van der Waals surface area contributed by atoms with Gasteiger partial charge in [0, 0.05) is 34.7 Å². The Bertz CT molecular complexity index is 1150. The minimum Gasteiger partial charge on any atom is -0.349 e. The second-order valence-electron chi connectivity index (χ2n) is 8.50. The Kier molecular flexibility index (Phi) is 5.70. The fraction of sp³-hybridized carbons (Fsp3) is 0.320. The molecule has 1 aromatic heterocycles. The van der Waals surface area contributed by atoms with Crippen LogP contribution in [0.4, 0.5) is 5.82 Å². The van der Waals surface area contributed by atoms with Gasteiger partial charge in [-0.25, -0.2) is 4.68 Å². The van der Waals surface area contributed by atoms with E-state index in [1.807, 2.05) is 59.3 Å². The van der Waals surface area contributed by atoms with Crippen LogP contribution in [0.1, 0.15) is 48.0 Å². The smallest absolute Gasteiger partial charge is 0.251 e. The summed E-state index contributed by atoms with van der Waals surface area (Å²) in [6, 6.07) is 17.3. The highest BCUT2D eigenvalue weighted by molar-refractivity contribution is 6.30. The third-order valence-electron chi connectivity index (χ3n) is 6.24. The molecule has 1 aliphatic carbocycles. The van der Waals surface area contributed by atoms with Gasteiger partial charge in [-0.1, -0.05) is 48.7 Å². The molecule has 6 nitrogen and oxygen atoms in total. The molecule has 2 heterocycles. The van der Waals surface area contributed by atoms with Crippen LogP contribution in [0.3, 0.4) is 0 Å². The summed E-state index contributed by atoms with van der Waals surface area (Å²) in [5.74, 6) is 0.819. The SMILES string of the molecule is O=C(NC1CCCC1)c1ccc(CN2C(=O)CCn3nc(-c4cccc(Cl)c4)cc32)cc1. The first kappa shape index (κ1) is 20.8. The predicted molar refractivity (Wildman–Crippen MR) is 125 cm³/mol. The zero-order valence-electron chi connectivity index (χ0n) is 17.8. The highest BCUT2D eigenvalue weighted by atomic mass is 35.5. The molecule has 32 heavy (non-hydrogen) atoms. The molecule has 1 N–H and O–H groups in total. The molecule has 1 saturated carbocycles. The van der Waals surface area contributed by atoms with E-state index >= 15 is 0 Å². The number of benzene rings is 2. The van der Waals surface area contributed by atoms with Gasteiger partial charge in [-0.3, -0.25) is 14.5 Å². The van der Waals surface area contributed by atoms with E-state index in [-0.39, 0.29) is 11.8 Å². The molecule has 0 radical (unpaired) electrons. The molecule has 2 aliphatic rings. The van der Waals surface area contributed by atoms with Gasteiger partial charge in [0.15, 0.2) is 0 Å². The van der Waals surface area contributed by atoms with Gasteiger partial charge in [0.2, 0.25) is 5.91 Å². The molecule has 1 fully saturated rings. The number of hydrogen-bond acceptors (Lipinski definition) is 3. The van der Waals surface area contributed by atoms with Crippen LogP contribution >= 0.6 is 11.6 Å². The fourth-order valence-corrected chi connectivity index (χ4v) is 4.68. The molecule has 7 heteroatoms. The maximum atomic E-state index is 12.7. The molecular formula is C25H25ClN4O2. The van der Waals surface area contributed by atoms with Crippen LogP contribution < -0.4 is 10.2 Å². The van der Waals surface area contributed by atoms with E-state index in [2.05, 4.69) is 10.4 Å². The number of fused-ring (bicyclic) bond motifs is 1. The number of nitrogens with one attached hydrogen (secondary N) is 1. The van der Waals surface area contributed by atoms with Gasteiger partial charge in [0.25, 0.3) is 5.91 Å². The summed E-state index contributed by atoms with van der Waals surface area (Å²) < 4.78 is 1.88. The lowest BCUT2D eigenvalue weighted by molar-refractivity contribution is -0.119. The largest absolute Gasteiger partial charge is 0.349 e. The van der Waals surface area contributed by atoms with Crippen LogP contribution in [0.2, 0.25) is 5.02 Å². The van der Waals surface area contributed by atoms with E-state index in [0.29, 0.717) is 36.1 Å². The summed E-state index contributed by atoms with van der Waals surface area (Å²) in [7, 11) is 0. The molecule has 0 bridgehead atoms. The van der Waals surface area contributed by atoms with Crippen molar-refractivity contribution in [3.63, 3.8) is 0 Å². The van der Waals surface area contributed by atoms with Crippen molar-refractivity contribution in [3.8, 4) is 11.3 Å². The number of rotatable bonds is 5. The molecule has 3 aromatic rings. The van der Waals surface area contributed by atoms with Crippen LogP contribution in [0.25, 0.3) is 11.3 Å². The van der Waals surface area contributed by atoms with E-state index in [0.717, 1.165) is 35.5 Å². The van der Waals surface area contributed by atoms with Gasteiger partial charge in [0.1, 0.15) is 5.82 Å². The highest BCUT2D eigenvalue weighted by Crippen LogP contribution is 2.30. The van der Waals surface area contributed by atoms with Gasteiger partial charge in [-0.2, -0.15) is 5.10 Å². The Hall–Kier alpha value is -3.12. The number of anilines is 1. The van der Waals surface area contributed by atoms with Crippen LogP contribution in [0, 0.1) is 0 Å². The predicted octanol–water partition coefficient (Wildman–Crippen LogP) is 4.81. The molecule has 1 aliphatic heterocycles. The third kappa shape index (κ3) is 4.28. The number of nitrogens with zero attached hydrogens (tertiary/aromatic N) is 3. The topological polar surface area (TPSA) is 67.2 Å². The van der Waals surface area contributed by atoms with Crippen molar-refractivity contribution < 1.29 is 9.59 Å². The van der Waals surface area contributed by atoms with Crippen molar-refractivity contribution in [1.82, 2.24) is 15.1 Å². The summed E-state index contributed by atoms with van der Waals surface area (Å²) in [5.41, 5.74) is 3.33. The molecule has 0 atom stereocenters. The lowest BCUT2D eigenvalue weighted by Crippen LogP contribution is -2.37. The van der Waals surface area contributed by atoms with Gasteiger partial charge < -0.3 is 5.32 Å². The Morgan fingerprint density at radius 2 is 1.88 bits per heavy atom. The summed E-state index contributed by atoms with van der Waals surface area (Å²) in [6.45, 7) is 0.996. The lowest BCUT2D eigenvalue weighted by atomic mass is 10.1. The summed E-state index contributed by atoms with van der Waals surface area (Å²) in [6.07, 6.45) is 4.90. The number of aromatic nitrogens is 2. The zero-order valence-corrected chi connectivity index (χ0v) is 18.5. The van der Waals surface area contributed by atoms with Crippen LogP contribution in [-0.4, -0.2) is 27.6 Å². The van der Waals surface area contributed by atoms with Crippen molar-refractivity contribution in [2.75, 3.05) is 4.90 Å². The number of hydrogen-bond donors (Lipinski definition) is 1. The molecule has 0 spiro atoms. The first-order valence-corrected chi connectivity index (χ1v) is 11.5. The van der Waals surface area contributed by atoms with Crippen molar-refractivity contribution in [3.05, 3.63) is 70.7 Å². The van der Waals surface area contributed by atoms with Gasteiger partial charge >= 0.3 is 0 Å². The summed E-state index contributed by atoms with van der Waals surface area (Å²) >= 11 is 6.14. The quantitative estimate of drug-likeness (QED) is 0.608. The Labute approximate surface area is 192 Å². The molecule has 5 rings (SSSR count). The number of carbonyl (C=O) groups excluding carboxylic acids is 2. The van der Waals surface area contributed by atoms with Crippen molar-refractivity contribution >= 4 is 29.2 Å². The molecule has 2 aromatic carbocycles. The number of amides is 2. The summed E-state index contributed by atoms with van der Waals surface area (Å²) in [4.78, 5) is 27.0. The second-order valence-corrected chi connectivity index (χ2v) is 8.94. The molecule has 0 saturated heterocycles. The van der Waals surface area contributed by atoms with Crippen LogP contribution in [0.5, 0.6) is 0 Å². The second kappa shape index (κ2) is 8.79. The Balaban J connectivity index is 1.33. The van der Waals surface area contributed by atoms with E-state index in [1.54, 1.807) is 4.90 Å². The normalized spacial score (nSPS) is 16.3. The third-order valence-corrected chi connectivity index (χ3v) is 6.48.